The predicted octanol–water partition coefficient (Wildman–Crippen LogP) is 3.83. The third kappa shape index (κ3) is 1.19. The van der Waals surface area contributed by atoms with Crippen molar-refractivity contribution in [3.05, 3.63) is 58.1 Å². The van der Waals surface area contributed by atoms with E-state index in [1.54, 1.807) is 0 Å². The minimum atomic E-state index is 0.628. The summed E-state index contributed by atoms with van der Waals surface area (Å²) in [6, 6.07) is 6.66. The van der Waals surface area contributed by atoms with Crippen LogP contribution in [0.5, 0.6) is 0 Å². The quantitative estimate of drug-likeness (QED) is 0.653. The number of benzene rings is 1. The van der Waals surface area contributed by atoms with Crippen LogP contribution in [-0.4, -0.2) is 0 Å². The smallest absolute Gasteiger partial charge is 0.0178 e. The molecule has 0 saturated heterocycles. The van der Waals surface area contributed by atoms with Gasteiger partial charge < -0.3 is 0 Å². The van der Waals surface area contributed by atoms with Gasteiger partial charge in [0.05, 0.1) is 0 Å². The van der Waals surface area contributed by atoms with Gasteiger partial charge in [-0.05, 0) is 35.6 Å². The molecule has 2 aliphatic carbocycles. The third-order valence-electron chi connectivity index (χ3n) is 3.17. The van der Waals surface area contributed by atoms with Crippen molar-refractivity contribution in [3.63, 3.8) is 0 Å². The van der Waals surface area contributed by atoms with Crippen molar-refractivity contribution >= 4 is 15.9 Å². The molecule has 2 unspecified atom stereocenters. The molecule has 0 N–H and O–H groups in total. The Labute approximate surface area is 92.5 Å². The van der Waals surface area contributed by atoms with Crippen molar-refractivity contribution < 1.29 is 0 Å². The zero-order chi connectivity index (χ0) is 9.54. The number of hydrogen-bond donors (Lipinski definition) is 0. The van der Waals surface area contributed by atoms with Gasteiger partial charge in [0.15, 0.2) is 0 Å². The van der Waals surface area contributed by atoms with Crippen LogP contribution in [-0.2, 0) is 6.42 Å². The van der Waals surface area contributed by atoms with Crippen molar-refractivity contribution in [2.45, 2.75) is 12.3 Å². The highest BCUT2D eigenvalue weighted by Gasteiger charge is 2.29. The van der Waals surface area contributed by atoms with Gasteiger partial charge in [-0.2, -0.15) is 0 Å². The second kappa shape index (κ2) is 3.09. The summed E-state index contributed by atoms with van der Waals surface area (Å²) in [7, 11) is 0. The molecule has 0 aliphatic heterocycles. The van der Waals surface area contributed by atoms with Gasteiger partial charge in [-0.25, -0.2) is 0 Å². The maximum atomic E-state index is 3.53. The van der Waals surface area contributed by atoms with Gasteiger partial charge in [-0.3, -0.25) is 0 Å². The highest BCUT2D eigenvalue weighted by atomic mass is 79.9. The summed E-state index contributed by atoms with van der Waals surface area (Å²) in [5.74, 6) is 1.33. The Hall–Kier alpha value is -0.820. The molecule has 1 aromatic carbocycles. The van der Waals surface area contributed by atoms with Crippen molar-refractivity contribution in [1.29, 1.82) is 0 Å². The number of fused-ring (bicyclic) bond motifs is 3. The van der Waals surface area contributed by atoms with E-state index in [-0.39, 0.29) is 0 Å². The first-order chi connectivity index (χ1) is 6.84. The average molecular weight is 247 g/mol. The average Bonchev–Trinajstić information content (AvgIpc) is 2.54. The first-order valence-electron chi connectivity index (χ1n) is 4.98. The zero-order valence-corrected chi connectivity index (χ0v) is 9.37. The van der Waals surface area contributed by atoms with Crippen LogP contribution in [0.1, 0.15) is 17.0 Å². The molecule has 0 aromatic heterocycles. The summed E-state index contributed by atoms with van der Waals surface area (Å²) >= 11 is 3.53. The Morgan fingerprint density at radius 1 is 1.14 bits per heavy atom. The lowest BCUT2D eigenvalue weighted by atomic mass is 9.89. The molecule has 14 heavy (non-hydrogen) atoms. The summed E-state index contributed by atoms with van der Waals surface area (Å²) in [4.78, 5) is 0. The molecular formula is C13H11Br. The molecule has 1 aromatic rings. The lowest BCUT2D eigenvalue weighted by molar-refractivity contribution is 0.630. The fraction of sp³-hybridized carbons (Fsp3) is 0.231. The van der Waals surface area contributed by atoms with Crippen LogP contribution < -0.4 is 0 Å². The molecule has 3 rings (SSSR count). The van der Waals surface area contributed by atoms with Gasteiger partial charge in [0.1, 0.15) is 0 Å². The molecule has 2 aliphatic rings. The van der Waals surface area contributed by atoms with Gasteiger partial charge in [-0.1, -0.05) is 46.3 Å². The van der Waals surface area contributed by atoms with E-state index >= 15 is 0 Å². The van der Waals surface area contributed by atoms with Gasteiger partial charge in [0, 0.05) is 10.4 Å². The van der Waals surface area contributed by atoms with E-state index in [9.17, 15) is 0 Å². The van der Waals surface area contributed by atoms with E-state index < -0.39 is 0 Å². The lowest BCUT2D eigenvalue weighted by Gasteiger charge is -2.15. The van der Waals surface area contributed by atoms with Crippen molar-refractivity contribution in [2.24, 2.45) is 5.92 Å². The minimum Gasteiger partial charge on any atom is -0.0802 e. The van der Waals surface area contributed by atoms with Crippen LogP contribution in [0.3, 0.4) is 0 Å². The third-order valence-corrected chi connectivity index (χ3v) is 3.66. The second-order valence-electron chi connectivity index (χ2n) is 4.01. The Morgan fingerprint density at radius 3 is 2.93 bits per heavy atom. The van der Waals surface area contributed by atoms with Crippen LogP contribution in [0, 0.1) is 5.92 Å². The molecule has 0 nitrogen and oxygen atoms in total. The Balaban J connectivity index is 2.11. The molecule has 1 heteroatoms. The first-order valence-corrected chi connectivity index (χ1v) is 5.77. The lowest BCUT2D eigenvalue weighted by Crippen LogP contribution is -2.03. The molecule has 0 radical (unpaired) electrons. The van der Waals surface area contributed by atoms with E-state index in [1.165, 1.54) is 22.0 Å². The number of allylic oxidation sites excluding steroid dienone is 4. The van der Waals surface area contributed by atoms with E-state index in [4.69, 9.17) is 0 Å². The zero-order valence-electron chi connectivity index (χ0n) is 7.78. The highest BCUT2D eigenvalue weighted by Crippen LogP contribution is 2.41. The minimum absolute atomic E-state index is 0.628. The summed E-state index contributed by atoms with van der Waals surface area (Å²) in [5, 5.41) is 0. The van der Waals surface area contributed by atoms with Crippen LogP contribution >= 0.6 is 15.9 Å². The standard InChI is InChI=1S/C13H11Br/c14-11-5-6-13-10(8-11)7-9-3-1-2-4-12(9)13/h1-6,8-9,12H,7H2. The number of hydrogen-bond acceptors (Lipinski definition) is 0. The summed E-state index contributed by atoms with van der Waals surface area (Å²) in [6.45, 7) is 0. The van der Waals surface area contributed by atoms with Gasteiger partial charge >= 0.3 is 0 Å². The van der Waals surface area contributed by atoms with Gasteiger partial charge in [0.2, 0.25) is 0 Å². The van der Waals surface area contributed by atoms with E-state index in [1.807, 2.05) is 0 Å². The molecular weight excluding hydrogens is 236 g/mol. The monoisotopic (exact) mass is 246 g/mol. The molecule has 0 fully saturated rings. The van der Waals surface area contributed by atoms with E-state index in [0.717, 1.165) is 0 Å². The van der Waals surface area contributed by atoms with Crippen LogP contribution in [0.15, 0.2) is 47.0 Å². The Morgan fingerprint density at radius 2 is 2.00 bits per heavy atom. The van der Waals surface area contributed by atoms with E-state index in [0.29, 0.717) is 11.8 Å². The summed E-state index contributed by atoms with van der Waals surface area (Å²) < 4.78 is 1.20. The molecule has 0 spiro atoms. The second-order valence-corrected chi connectivity index (χ2v) is 4.92. The predicted molar refractivity (Wildman–Crippen MR) is 62.4 cm³/mol. The Kier molecular flexibility index (Phi) is 1.88. The topological polar surface area (TPSA) is 0 Å². The molecule has 0 heterocycles. The maximum absolute atomic E-state index is 3.53. The molecule has 70 valence electrons. The maximum Gasteiger partial charge on any atom is 0.0178 e. The fourth-order valence-electron chi connectivity index (χ4n) is 2.51. The van der Waals surface area contributed by atoms with Crippen molar-refractivity contribution in [1.82, 2.24) is 0 Å². The number of halogens is 1. The Bertz CT molecular complexity index is 429. The molecule has 2 atom stereocenters. The fourth-order valence-corrected chi connectivity index (χ4v) is 2.92. The highest BCUT2D eigenvalue weighted by molar-refractivity contribution is 9.10. The summed E-state index contributed by atoms with van der Waals surface area (Å²) in [5.41, 5.74) is 3.02. The number of rotatable bonds is 0. The first kappa shape index (κ1) is 8.49. The van der Waals surface area contributed by atoms with Gasteiger partial charge in [-0.15, -0.1) is 0 Å². The van der Waals surface area contributed by atoms with Crippen LogP contribution in [0.2, 0.25) is 0 Å². The van der Waals surface area contributed by atoms with Crippen LogP contribution in [0.25, 0.3) is 0 Å². The normalized spacial score (nSPS) is 27.5. The SMILES string of the molecule is Brc1ccc2c(c1)CC1C=CC=CC21. The van der Waals surface area contributed by atoms with Crippen molar-refractivity contribution in [3.8, 4) is 0 Å². The van der Waals surface area contributed by atoms with E-state index in [2.05, 4.69) is 58.4 Å². The molecule has 0 saturated carbocycles. The molecule has 0 bridgehead atoms. The summed E-state index contributed by atoms with van der Waals surface area (Å²) in [6.07, 6.45) is 10.2. The van der Waals surface area contributed by atoms with Gasteiger partial charge in [0.25, 0.3) is 0 Å². The molecule has 0 amide bonds. The van der Waals surface area contributed by atoms with Crippen molar-refractivity contribution in [2.75, 3.05) is 0 Å². The van der Waals surface area contributed by atoms with Crippen LogP contribution in [0.4, 0.5) is 0 Å². The largest absolute Gasteiger partial charge is 0.0802 e.